The largest absolute Gasteiger partial charge is 0.306 e. The van der Waals surface area contributed by atoms with E-state index in [1.165, 1.54) is 12.1 Å². The van der Waals surface area contributed by atoms with Crippen LogP contribution in [0.15, 0.2) is 36.4 Å². The lowest BCUT2D eigenvalue weighted by Gasteiger charge is -2.20. The molecule has 1 N–H and O–H groups in total. The molecule has 0 amide bonds. The molecule has 0 radical (unpaired) electrons. The van der Waals surface area contributed by atoms with Crippen LogP contribution in [0, 0.1) is 25.5 Å². The fourth-order valence-electron chi connectivity index (χ4n) is 2.52. The molecule has 0 fully saturated rings. The summed E-state index contributed by atoms with van der Waals surface area (Å²) in [4.78, 5) is 0. The van der Waals surface area contributed by atoms with E-state index in [0.29, 0.717) is 12.1 Å². The minimum absolute atomic E-state index is 0.339. The van der Waals surface area contributed by atoms with Crippen molar-refractivity contribution < 1.29 is 8.78 Å². The van der Waals surface area contributed by atoms with Crippen molar-refractivity contribution in [3.05, 3.63) is 70.3 Å². The van der Waals surface area contributed by atoms with Gasteiger partial charge in [0.15, 0.2) is 0 Å². The quantitative estimate of drug-likeness (QED) is 0.878. The van der Waals surface area contributed by atoms with Gasteiger partial charge in [-0.25, -0.2) is 8.78 Å². The molecule has 2 aromatic rings. The zero-order valence-corrected chi connectivity index (χ0v) is 12.0. The Morgan fingerprint density at radius 3 is 2.25 bits per heavy atom. The highest BCUT2D eigenvalue weighted by Gasteiger charge is 2.18. The Kier molecular flexibility index (Phi) is 4.50. The van der Waals surface area contributed by atoms with Crippen molar-refractivity contribution in [2.24, 2.45) is 0 Å². The number of hydrogen-bond donors (Lipinski definition) is 1. The Morgan fingerprint density at radius 1 is 1.00 bits per heavy atom. The van der Waals surface area contributed by atoms with Gasteiger partial charge in [-0.1, -0.05) is 36.2 Å². The third-order valence-electron chi connectivity index (χ3n) is 3.25. The van der Waals surface area contributed by atoms with Crippen LogP contribution in [0.4, 0.5) is 8.78 Å². The molecule has 0 aliphatic rings. The summed E-state index contributed by atoms with van der Waals surface area (Å²) in [5.74, 6) is -0.815. The molecular formula is C17H19F2N. The molecule has 106 valence electrons. The second-order valence-corrected chi connectivity index (χ2v) is 5.08. The van der Waals surface area contributed by atoms with Crippen LogP contribution in [0.2, 0.25) is 0 Å². The zero-order chi connectivity index (χ0) is 14.7. The highest BCUT2D eigenvalue weighted by atomic mass is 19.1. The van der Waals surface area contributed by atoms with Gasteiger partial charge in [-0.2, -0.15) is 0 Å². The first-order valence-corrected chi connectivity index (χ1v) is 6.77. The third-order valence-corrected chi connectivity index (χ3v) is 3.25. The van der Waals surface area contributed by atoms with Gasteiger partial charge in [-0.3, -0.25) is 0 Å². The minimum atomic E-state index is -0.423. The van der Waals surface area contributed by atoms with E-state index >= 15 is 0 Å². The van der Waals surface area contributed by atoms with E-state index in [0.717, 1.165) is 22.8 Å². The maximum atomic E-state index is 14.0. The minimum Gasteiger partial charge on any atom is -0.306 e. The summed E-state index contributed by atoms with van der Waals surface area (Å²) in [6.45, 7) is 6.63. The lowest BCUT2D eigenvalue weighted by molar-refractivity contribution is 0.544. The molecule has 1 unspecified atom stereocenters. The Bertz CT molecular complexity index is 588. The molecule has 1 nitrogen and oxygen atoms in total. The van der Waals surface area contributed by atoms with Gasteiger partial charge >= 0.3 is 0 Å². The van der Waals surface area contributed by atoms with Crippen LogP contribution in [-0.4, -0.2) is 6.54 Å². The average Bonchev–Trinajstić information content (AvgIpc) is 2.38. The summed E-state index contributed by atoms with van der Waals surface area (Å²) in [6, 6.07) is 9.32. The molecule has 0 heterocycles. The van der Waals surface area contributed by atoms with E-state index in [4.69, 9.17) is 0 Å². The zero-order valence-electron chi connectivity index (χ0n) is 12.0. The van der Waals surface area contributed by atoms with E-state index in [2.05, 4.69) is 11.4 Å². The van der Waals surface area contributed by atoms with E-state index in [9.17, 15) is 8.78 Å². The lowest BCUT2D eigenvalue weighted by Crippen LogP contribution is -2.23. The number of hydrogen-bond acceptors (Lipinski definition) is 1. The Morgan fingerprint density at radius 2 is 1.65 bits per heavy atom. The first kappa shape index (κ1) is 14.7. The van der Waals surface area contributed by atoms with Gasteiger partial charge in [0.25, 0.3) is 0 Å². The monoisotopic (exact) mass is 275 g/mol. The summed E-state index contributed by atoms with van der Waals surface area (Å²) in [6.07, 6.45) is 0. The molecule has 0 aliphatic carbocycles. The van der Waals surface area contributed by atoms with Gasteiger partial charge in [-0.05, 0) is 44.2 Å². The van der Waals surface area contributed by atoms with Crippen molar-refractivity contribution in [2.75, 3.05) is 6.54 Å². The predicted molar refractivity (Wildman–Crippen MR) is 77.8 cm³/mol. The second-order valence-electron chi connectivity index (χ2n) is 5.08. The van der Waals surface area contributed by atoms with Crippen molar-refractivity contribution in [3.63, 3.8) is 0 Å². The molecule has 0 spiro atoms. The van der Waals surface area contributed by atoms with Crippen molar-refractivity contribution >= 4 is 0 Å². The van der Waals surface area contributed by atoms with Crippen LogP contribution in [0.5, 0.6) is 0 Å². The summed E-state index contributed by atoms with van der Waals surface area (Å²) in [7, 11) is 0. The fraction of sp³-hybridized carbons (Fsp3) is 0.294. The molecule has 3 heteroatoms. The third kappa shape index (κ3) is 3.23. The molecule has 20 heavy (non-hydrogen) atoms. The van der Waals surface area contributed by atoms with Crippen LogP contribution in [0.25, 0.3) is 0 Å². The Balaban J connectivity index is 2.52. The second kappa shape index (κ2) is 6.14. The van der Waals surface area contributed by atoms with Crippen LogP contribution in [0.1, 0.15) is 35.2 Å². The maximum Gasteiger partial charge on any atom is 0.128 e. The van der Waals surface area contributed by atoms with Gasteiger partial charge in [0.1, 0.15) is 11.6 Å². The van der Waals surface area contributed by atoms with E-state index in [-0.39, 0.29) is 6.04 Å². The molecule has 0 bridgehead atoms. The first-order chi connectivity index (χ1) is 9.51. The van der Waals surface area contributed by atoms with Crippen LogP contribution in [-0.2, 0) is 0 Å². The smallest absolute Gasteiger partial charge is 0.128 e. The average molecular weight is 275 g/mol. The molecule has 0 saturated carbocycles. The SMILES string of the molecule is CCNC(c1cc(C)cc(C)c1)c1cc(F)ccc1F. The molecule has 2 rings (SSSR count). The fourth-order valence-corrected chi connectivity index (χ4v) is 2.52. The van der Waals surface area contributed by atoms with Gasteiger partial charge in [0.2, 0.25) is 0 Å². The Hall–Kier alpha value is -1.74. The topological polar surface area (TPSA) is 12.0 Å². The standard InChI is InChI=1S/C17H19F2N/c1-4-20-17(13-8-11(2)7-12(3)9-13)15-10-14(18)5-6-16(15)19/h5-10,17,20H,4H2,1-3H3. The van der Waals surface area contributed by atoms with Crippen molar-refractivity contribution in [1.82, 2.24) is 5.32 Å². The normalized spacial score (nSPS) is 12.4. The summed E-state index contributed by atoms with van der Waals surface area (Å²) in [5.41, 5.74) is 3.52. The van der Waals surface area contributed by atoms with Gasteiger partial charge in [0, 0.05) is 5.56 Å². The molecule has 0 aliphatic heterocycles. The highest BCUT2D eigenvalue weighted by Crippen LogP contribution is 2.26. The van der Waals surface area contributed by atoms with E-state index in [1.807, 2.05) is 32.9 Å². The van der Waals surface area contributed by atoms with Gasteiger partial charge in [0.05, 0.1) is 6.04 Å². The number of halogens is 2. The first-order valence-electron chi connectivity index (χ1n) is 6.77. The number of nitrogens with one attached hydrogen (secondary N) is 1. The van der Waals surface area contributed by atoms with Crippen LogP contribution >= 0.6 is 0 Å². The van der Waals surface area contributed by atoms with Gasteiger partial charge in [-0.15, -0.1) is 0 Å². The molecule has 1 atom stereocenters. The van der Waals surface area contributed by atoms with Gasteiger partial charge < -0.3 is 5.32 Å². The van der Waals surface area contributed by atoms with E-state index in [1.54, 1.807) is 0 Å². The van der Waals surface area contributed by atoms with Crippen LogP contribution in [0.3, 0.4) is 0 Å². The van der Waals surface area contributed by atoms with Crippen molar-refractivity contribution in [2.45, 2.75) is 26.8 Å². The number of benzene rings is 2. The summed E-state index contributed by atoms with van der Waals surface area (Å²) in [5, 5.41) is 3.23. The number of rotatable bonds is 4. The van der Waals surface area contributed by atoms with Crippen molar-refractivity contribution in [1.29, 1.82) is 0 Å². The molecule has 2 aromatic carbocycles. The summed E-state index contributed by atoms with van der Waals surface area (Å²) < 4.78 is 27.5. The summed E-state index contributed by atoms with van der Waals surface area (Å²) >= 11 is 0. The predicted octanol–water partition coefficient (Wildman–Crippen LogP) is 4.28. The van der Waals surface area contributed by atoms with E-state index < -0.39 is 11.6 Å². The Labute approximate surface area is 118 Å². The highest BCUT2D eigenvalue weighted by molar-refractivity contribution is 5.37. The number of aryl methyl sites for hydroxylation is 2. The molecular weight excluding hydrogens is 256 g/mol. The molecule has 0 aromatic heterocycles. The molecule has 0 saturated heterocycles. The lowest BCUT2D eigenvalue weighted by atomic mass is 9.95. The maximum absolute atomic E-state index is 14.0. The van der Waals surface area contributed by atoms with Crippen molar-refractivity contribution in [3.8, 4) is 0 Å². The van der Waals surface area contributed by atoms with Crippen LogP contribution < -0.4 is 5.32 Å².